The lowest BCUT2D eigenvalue weighted by Crippen LogP contribution is -2.36. The molecular weight excluding hydrogens is 186 g/mol. The number of hydrogen-bond acceptors (Lipinski definition) is 2. The lowest BCUT2D eigenvalue weighted by molar-refractivity contribution is 0.0505. The van der Waals surface area contributed by atoms with Crippen molar-refractivity contribution in [2.75, 3.05) is 26.3 Å². The summed E-state index contributed by atoms with van der Waals surface area (Å²) in [5.74, 6) is 0. The molecule has 0 bridgehead atoms. The Kier molecular flexibility index (Phi) is 4.07. The number of nitrogens with zero attached hydrogens (tertiary/aromatic N) is 1. The van der Waals surface area contributed by atoms with Crippen LogP contribution in [0.4, 0.5) is 0 Å². The first-order chi connectivity index (χ1) is 7.42. The predicted octanol–water partition coefficient (Wildman–Crippen LogP) is 2.95. The van der Waals surface area contributed by atoms with Crippen molar-refractivity contribution in [2.24, 2.45) is 0 Å². The van der Waals surface area contributed by atoms with Gasteiger partial charge in [-0.05, 0) is 32.1 Å². The second kappa shape index (κ2) is 5.55. The van der Waals surface area contributed by atoms with Gasteiger partial charge < -0.3 is 9.64 Å². The predicted molar refractivity (Wildman–Crippen MR) is 62.8 cm³/mol. The molecule has 2 nitrogen and oxygen atoms in total. The molecule has 15 heavy (non-hydrogen) atoms. The molecule has 1 heterocycles. The van der Waals surface area contributed by atoms with Gasteiger partial charge in [0.05, 0.1) is 13.2 Å². The van der Waals surface area contributed by atoms with Gasteiger partial charge in [0.2, 0.25) is 0 Å². The van der Waals surface area contributed by atoms with E-state index in [-0.39, 0.29) is 0 Å². The molecule has 2 rings (SSSR count). The summed E-state index contributed by atoms with van der Waals surface area (Å²) >= 11 is 0. The van der Waals surface area contributed by atoms with Crippen LogP contribution in [0.2, 0.25) is 0 Å². The van der Waals surface area contributed by atoms with Gasteiger partial charge in [-0.2, -0.15) is 0 Å². The van der Waals surface area contributed by atoms with Crippen LogP contribution in [0.1, 0.15) is 45.4 Å². The summed E-state index contributed by atoms with van der Waals surface area (Å²) in [5.41, 5.74) is 3.41. The lowest BCUT2D eigenvalue weighted by Gasteiger charge is -2.35. The summed E-state index contributed by atoms with van der Waals surface area (Å²) in [6.07, 6.45) is 8.06. The second-order valence-corrected chi connectivity index (χ2v) is 4.61. The smallest absolute Gasteiger partial charge is 0.0642 e. The van der Waals surface area contributed by atoms with Crippen LogP contribution in [-0.2, 0) is 4.74 Å². The summed E-state index contributed by atoms with van der Waals surface area (Å²) in [6.45, 7) is 6.36. The highest BCUT2D eigenvalue weighted by Gasteiger charge is 2.19. The van der Waals surface area contributed by atoms with Crippen molar-refractivity contribution in [3.63, 3.8) is 0 Å². The number of morpholine rings is 1. The molecule has 0 atom stereocenters. The van der Waals surface area contributed by atoms with E-state index >= 15 is 0 Å². The zero-order valence-electron chi connectivity index (χ0n) is 9.93. The van der Waals surface area contributed by atoms with E-state index in [9.17, 15) is 0 Å². The average Bonchev–Trinajstić information content (AvgIpc) is 2.31. The van der Waals surface area contributed by atoms with E-state index in [1.807, 2.05) is 0 Å². The molecule has 0 amide bonds. The first kappa shape index (κ1) is 11.0. The van der Waals surface area contributed by atoms with E-state index in [2.05, 4.69) is 11.8 Å². The molecule has 0 aromatic carbocycles. The molecular formula is C13H23NO. The maximum Gasteiger partial charge on any atom is 0.0642 e. The maximum atomic E-state index is 5.42. The van der Waals surface area contributed by atoms with Crippen molar-refractivity contribution in [3.05, 3.63) is 11.3 Å². The Labute approximate surface area is 93.3 Å². The summed E-state index contributed by atoms with van der Waals surface area (Å²) in [6, 6.07) is 0. The van der Waals surface area contributed by atoms with Crippen molar-refractivity contribution >= 4 is 0 Å². The SMILES string of the molecule is CCCC1=C(N2CCOCC2)CCCC1. The zero-order valence-corrected chi connectivity index (χ0v) is 9.93. The minimum Gasteiger partial charge on any atom is -0.378 e. The number of allylic oxidation sites excluding steroid dienone is 2. The van der Waals surface area contributed by atoms with Gasteiger partial charge in [0, 0.05) is 18.8 Å². The quantitative estimate of drug-likeness (QED) is 0.708. The first-order valence-electron chi connectivity index (χ1n) is 6.45. The third-order valence-corrected chi connectivity index (χ3v) is 3.49. The Bertz CT molecular complexity index is 229. The molecule has 1 saturated heterocycles. The maximum absolute atomic E-state index is 5.42. The van der Waals surface area contributed by atoms with E-state index in [1.165, 1.54) is 38.5 Å². The van der Waals surface area contributed by atoms with Gasteiger partial charge in [0.1, 0.15) is 0 Å². The van der Waals surface area contributed by atoms with Crippen LogP contribution in [0.5, 0.6) is 0 Å². The van der Waals surface area contributed by atoms with Gasteiger partial charge in [-0.25, -0.2) is 0 Å². The highest BCUT2D eigenvalue weighted by molar-refractivity contribution is 5.16. The average molecular weight is 209 g/mol. The summed E-state index contributed by atoms with van der Waals surface area (Å²) < 4.78 is 5.42. The normalized spacial score (nSPS) is 23.4. The van der Waals surface area contributed by atoms with Gasteiger partial charge in [0.15, 0.2) is 0 Å². The van der Waals surface area contributed by atoms with Gasteiger partial charge >= 0.3 is 0 Å². The molecule has 1 aliphatic heterocycles. The largest absolute Gasteiger partial charge is 0.378 e. The second-order valence-electron chi connectivity index (χ2n) is 4.61. The summed E-state index contributed by atoms with van der Waals surface area (Å²) in [4.78, 5) is 2.58. The fourth-order valence-electron chi connectivity index (χ4n) is 2.74. The third-order valence-electron chi connectivity index (χ3n) is 3.49. The van der Waals surface area contributed by atoms with E-state index in [0.29, 0.717) is 0 Å². The minimum absolute atomic E-state index is 0.920. The summed E-state index contributed by atoms with van der Waals surface area (Å²) in [7, 11) is 0. The van der Waals surface area contributed by atoms with Crippen LogP contribution in [0.15, 0.2) is 11.3 Å². The van der Waals surface area contributed by atoms with Crippen LogP contribution in [0, 0.1) is 0 Å². The van der Waals surface area contributed by atoms with Crippen molar-refractivity contribution < 1.29 is 4.74 Å². The van der Waals surface area contributed by atoms with Gasteiger partial charge in [-0.15, -0.1) is 0 Å². The fourth-order valence-corrected chi connectivity index (χ4v) is 2.74. The van der Waals surface area contributed by atoms with Crippen molar-refractivity contribution in [1.82, 2.24) is 4.90 Å². The molecule has 1 aliphatic carbocycles. The number of rotatable bonds is 3. The Morgan fingerprint density at radius 2 is 1.87 bits per heavy atom. The fraction of sp³-hybridized carbons (Fsp3) is 0.846. The molecule has 0 radical (unpaired) electrons. The Balaban J connectivity index is 2.06. The Hall–Kier alpha value is -0.500. The Morgan fingerprint density at radius 1 is 1.13 bits per heavy atom. The van der Waals surface area contributed by atoms with E-state index < -0.39 is 0 Å². The lowest BCUT2D eigenvalue weighted by atomic mass is 9.92. The first-order valence-corrected chi connectivity index (χ1v) is 6.45. The van der Waals surface area contributed by atoms with Crippen LogP contribution >= 0.6 is 0 Å². The standard InChI is InChI=1S/C13H23NO/c1-2-5-12-6-3-4-7-13(12)14-8-10-15-11-9-14/h2-11H2,1H3. The molecule has 86 valence electrons. The van der Waals surface area contributed by atoms with Crippen molar-refractivity contribution in [3.8, 4) is 0 Å². The van der Waals surface area contributed by atoms with Crippen LogP contribution in [0.3, 0.4) is 0 Å². The van der Waals surface area contributed by atoms with Crippen molar-refractivity contribution in [1.29, 1.82) is 0 Å². The monoisotopic (exact) mass is 209 g/mol. The molecule has 2 heteroatoms. The molecule has 0 aromatic rings. The van der Waals surface area contributed by atoms with Crippen LogP contribution < -0.4 is 0 Å². The zero-order chi connectivity index (χ0) is 10.5. The number of ether oxygens (including phenoxy) is 1. The highest BCUT2D eigenvalue weighted by atomic mass is 16.5. The minimum atomic E-state index is 0.920. The van der Waals surface area contributed by atoms with Crippen molar-refractivity contribution in [2.45, 2.75) is 45.4 Å². The molecule has 0 spiro atoms. The molecule has 0 unspecified atom stereocenters. The van der Waals surface area contributed by atoms with Gasteiger partial charge in [-0.1, -0.05) is 18.9 Å². The number of hydrogen-bond donors (Lipinski definition) is 0. The van der Waals surface area contributed by atoms with E-state index in [4.69, 9.17) is 4.74 Å². The highest BCUT2D eigenvalue weighted by Crippen LogP contribution is 2.30. The van der Waals surface area contributed by atoms with Gasteiger partial charge in [0.25, 0.3) is 0 Å². The van der Waals surface area contributed by atoms with Crippen LogP contribution in [0.25, 0.3) is 0 Å². The van der Waals surface area contributed by atoms with E-state index in [0.717, 1.165) is 26.3 Å². The van der Waals surface area contributed by atoms with Crippen LogP contribution in [-0.4, -0.2) is 31.2 Å². The molecule has 1 fully saturated rings. The molecule has 0 aromatic heterocycles. The van der Waals surface area contributed by atoms with Gasteiger partial charge in [-0.3, -0.25) is 0 Å². The topological polar surface area (TPSA) is 12.5 Å². The Morgan fingerprint density at radius 3 is 2.60 bits per heavy atom. The van der Waals surface area contributed by atoms with E-state index in [1.54, 1.807) is 11.3 Å². The third kappa shape index (κ3) is 2.75. The summed E-state index contributed by atoms with van der Waals surface area (Å²) in [5, 5.41) is 0. The molecule has 2 aliphatic rings. The molecule has 0 N–H and O–H groups in total. The molecule has 0 saturated carbocycles.